The predicted octanol–water partition coefficient (Wildman–Crippen LogP) is 7.35. The van der Waals surface area contributed by atoms with E-state index in [4.69, 9.17) is 0 Å². The Morgan fingerprint density at radius 2 is 1.77 bits per heavy atom. The number of hydrogen-bond donors (Lipinski definition) is 0. The van der Waals surface area contributed by atoms with Crippen LogP contribution in [0.25, 0.3) is 32.9 Å². The molecule has 4 nitrogen and oxygen atoms in total. The molecule has 3 aromatic heterocycles. The number of benzene rings is 1. The van der Waals surface area contributed by atoms with E-state index in [0.717, 1.165) is 35.3 Å². The van der Waals surface area contributed by atoms with E-state index >= 15 is 0 Å². The zero-order chi connectivity index (χ0) is 23.9. The van der Waals surface area contributed by atoms with Crippen LogP contribution >= 0.6 is 11.3 Å². The van der Waals surface area contributed by atoms with Crippen LogP contribution in [0, 0.1) is 18.8 Å². The van der Waals surface area contributed by atoms with Crippen molar-refractivity contribution >= 4 is 22.6 Å². The van der Waals surface area contributed by atoms with E-state index in [9.17, 15) is 0 Å². The number of fused-ring (bicyclic) bond motifs is 1. The van der Waals surface area contributed by atoms with Crippen molar-refractivity contribution in [1.82, 2.24) is 19.5 Å². The maximum absolute atomic E-state index is 4.68. The van der Waals surface area contributed by atoms with Crippen molar-refractivity contribution in [2.24, 2.45) is 11.8 Å². The molecule has 0 bridgehead atoms. The fourth-order valence-electron chi connectivity index (χ4n) is 5.93. The summed E-state index contributed by atoms with van der Waals surface area (Å²) < 4.78 is 1.83. The Morgan fingerprint density at radius 3 is 2.54 bits per heavy atom. The summed E-state index contributed by atoms with van der Waals surface area (Å²) in [7, 11) is 2.27. The highest BCUT2D eigenvalue weighted by Crippen LogP contribution is 2.43. The van der Waals surface area contributed by atoms with Gasteiger partial charge in [-0.3, -0.25) is 0 Å². The van der Waals surface area contributed by atoms with Crippen LogP contribution in [0.15, 0.2) is 60.4 Å². The summed E-state index contributed by atoms with van der Waals surface area (Å²) in [6, 6.07) is 15.3. The largest absolute Gasteiger partial charge is 0.302 e. The Bertz CT molecular complexity index is 1340. The van der Waals surface area contributed by atoms with Gasteiger partial charge < -0.3 is 4.90 Å². The quantitative estimate of drug-likeness (QED) is 0.305. The molecule has 0 spiro atoms. The van der Waals surface area contributed by atoms with Crippen LogP contribution in [0.3, 0.4) is 0 Å². The second-order valence-corrected chi connectivity index (χ2v) is 11.8. The van der Waals surface area contributed by atoms with E-state index < -0.39 is 0 Å². The monoisotopic (exact) mass is 482 g/mol. The average molecular weight is 483 g/mol. The van der Waals surface area contributed by atoms with Gasteiger partial charge in [-0.2, -0.15) is 5.10 Å². The molecule has 0 atom stereocenters. The van der Waals surface area contributed by atoms with Gasteiger partial charge in [0.15, 0.2) is 5.65 Å². The number of thiophene rings is 1. The molecular weight excluding hydrogens is 448 g/mol. The highest BCUT2D eigenvalue weighted by atomic mass is 32.1. The number of likely N-dealkylation sites (N-methyl/N-ethyl adjacent to an activating group) is 1. The third kappa shape index (κ3) is 4.48. The second kappa shape index (κ2) is 9.36. The van der Waals surface area contributed by atoms with E-state index in [-0.39, 0.29) is 0 Å². The molecule has 4 aromatic rings. The molecular formula is C30H34N4S. The van der Waals surface area contributed by atoms with E-state index in [1.54, 1.807) is 17.3 Å². The van der Waals surface area contributed by atoms with Gasteiger partial charge in [0.25, 0.3) is 0 Å². The van der Waals surface area contributed by atoms with Crippen LogP contribution in [-0.4, -0.2) is 39.6 Å². The SMILES string of the molecule is Cc1sc(-c2ccc(-c3cc4ncccn4n3)cc2)cc1C1=C(C2CCC(C)CC2)CCN(C)C1. The maximum atomic E-state index is 4.68. The van der Waals surface area contributed by atoms with E-state index in [2.05, 4.69) is 66.2 Å². The lowest BCUT2D eigenvalue weighted by molar-refractivity contribution is 0.296. The van der Waals surface area contributed by atoms with Gasteiger partial charge in [0.2, 0.25) is 0 Å². The summed E-state index contributed by atoms with van der Waals surface area (Å²) in [5, 5.41) is 4.68. The Morgan fingerprint density at radius 1 is 1.00 bits per heavy atom. The number of hydrogen-bond acceptors (Lipinski definition) is 4. The van der Waals surface area contributed by atoms with E-state index in [1.165, 1.54) is 59.5 Å². The Labute approximate surface area is 212 Å². The predicted molar refractivity (Wildman–Crippen MR) is 147 cm³/mol. The molecule has 1 saturated carbocycles. The molecule has 0 amide bonds. The van der Waals surface area contributed by atoms with Crippen molar-refractivity contribution in [2.75, 3.05) is 20.1 Å². The molecule has 35 heavy (non-hydrogen) atoms. The highest BCUT2D eigenvalue weighted by molar-refractivity contribution is 7.15. The molecule has 1 aliphatic carbocycles. The second-order valence-electron chi connectivity index (χ2n) is 10.6. The molecule has 6 rings (SSSR count). The minimum Gasteiger partial charge on any atom is -0.302 e. The van der Waals surface area contributed by atoms with Crippen LogP contribution in [-0.2, 0) is 0 Å². The molecule has 1 aliphatic heterocycles. The third-order valence-corrected chi connectivity index (χ3v) is 9.13. The molecule has 0 unspecified atom stereocenters. The normalized spacial score (nSPS) is 21.7. The highest BCUT2D eigenvalue weighted by Gasteiger charge is 2.28. The summed E-state index contributed by atoms with van der Waals surface area (Å²) in [6.07, 6.45) is 10.5. The maximum Gasteiger partial charge on any atom is 0.155 e. The lowest BCUT2D eigenvalue weighted by atomic mass is 9.75. The van der Waals surface area contributed by atoms with E-state index in [0.29, 0.717) is 0 Å². The Hall–Kier alpha value is -2.76. The topological polar surface area (TPSA) is 33.4 Å². The average Bonchev–Trinajstić information content (AvgIpc) is 3.48. The van der Waals surface area contributed by atoms with Crippen LogP contribution in [0.2, 0.25) is 0 Å². The van der Waals surface area contributed by atoms with Gasteiger partial charge >= 0.3 is 0 Å². The van der Waals surface area contributed by atoms with Gasteiger partial charge in [0.1, 0.15) is 0 Å². The van der Waals surface area contributed by atoms with Crippen LogP contribution < -0.4 is 0 Å². The number of rotatable bonds is 4. The van der Waals surface area contributed by atoms with Crippen LogP contribution in [0.4, 0.5) is 0 Å². The Balaban J connectivity index is 1.31. The standard InChI is InChI=1S/C30H34N4S/c1-20-5-7-22(8-6-20)25-13-16-33(3)19-27(25)26-17-29(35-21(26)2)24-11-9-23(10-12-24)28-18-30-31-14-4-15-34(30)32-28/h4,9-12,14-15,17-18,20,22H,5-8,13,16,19H2,1-3H3. The van der Waals surface area contributed by atoms with Crippen LogP contribution in [0.1, 0.15) is 49.5 Å². The van der Waals surface area contributed by atoms with Crippen LogP contribution in [0.5, 0.6) is 0 Å². The summed E-state index contributed by atoms with van der Waals surface area (Å²) in [5.74, 6) is 1.69. The molecule has 0 radical (unpaired) electrons. The van der Waals surface area contributed by atoms with E-state index in [1.807, 2.05) is 34.2 Å². The number of aromatic nitrogens is 3. The van der Waals surface area contributed by atoms with Crippen molar-refractivity contribution < 1.29 is 0 Å². The zero-order valence-electron chi connectivity index (χ0n) is 21.0. The zero-order valence-corrected chi connectivity index (χ0v) is 21.8. The molecule has 2 aliphatic rings. The van der Waals surface area contributed by atoms with Crippen molar-refractivity contribution in [1.29, 1.82) is 0 Å². The summed E-state index contributed by atoms with van der Waals surface area (Å²) in [4.78, 5) is 9.70. The summed E-state index contributed by atoms with van der Waals surface area (Å²) >= 11 is 1.93. The smallest absolute Gasteiger partial charge is 0.155 e. The molecule has 1 aromatic carbocycles. The first-order chi connectivity index (χ1) is 17.0. The van der Waals surface area contributed by atoms with Gasteiger partial charge in [-0.1, -0.05) is 49.6 Å². The van der Waals surface area contributed by atoms with Crippen molar-refractivity contribution in [3.8, 4) is 21.7 Å². The lowest BCUT2D eigenvalue weighted by Crippen LogP contribution is -2.30. The first-order valence-corrected chi connectivity index (χ1v) is 13.8. The summed E-state index contributed by atoms with van der Waals surface area (Å²) in [6.45, 7) is 7.01. The third-order valence-electron chi connectivity index (χ3n) is 8.03. The molecule has 4 heterocycles. The van der Waals surface area contributed by atoms with Crippen molar-refractivity contribution in [3.63, 3.8) is 0 Å². The van der Waals surface area contributed by atoms with Gasteiger partial charge in [-0.15, -0.1) is 11.3 Å². The molecule has 5 heteroatoms. The Kier molecular flexibility index (Phi) is 6.07. The van der Waals surface area contributed by atoms with Gasteiger partial charge in [0.05, 0.1) is 5.69 Å². The van der Waals surface area contributed by atoms with Gasteiger partial charge in [-0.05, 0) is 73.9 Å². The molecule has 1 fully saturated rings. The fraction of sp³-hybridized carbons (Fsp3) is 0.400. The molecule has 0 N–H and O–H groups in total. The lowest BCUT2D eigenvalue weighted by Gasteiger charge is -2.35. The first-order valence-electron chi connectivity index (χ1n) is 13.0. The van der Waals surface area contributed by atoms with Crippen molar-refractivity contribution in [2.45, 2.75) is 46.0 Å². The number of nitrogens with zero attached hydrogens (tertiary/aromatic N) is 4. The summed E-state index contributed by atoms with van der Waals surface area (Å²) in [5.41, 5.74) is 9.11. The number of aryl methyl sites for hydroxylation is 1. The minimum absolute atomic E-state index is 0.789. The molecule has 0 saturated heterocycles. The minimum atomic E-state index is 0.789. The molecule has 180 valence electrons. The van der Waals surface area contributed by atoms with Gasteiger partial charge in [0, 0.05) is 46.9 Å². The van der Waals surface area contributed by atoms with Gasteiger partial charge in [-0.25, -0.2) is 9.50 Å². The first kappa shape index (κ1) is 22.7. The van der Waals surface area contributed by atoms with Crippen molar-refractivity contribution in [3.05, 3.63) is 70.9 Å². The fourth-order valence-corrected chi connectivity index (χ4v) is 6.98.